The summed E-state index contributed by atoms with van der Waals surface area (Å²) >= 11 is 1.65. The van der Waals surface area contributed by atoms with Crippen molar-refractivity contribution in [2.75, 3.05) is 38.8 Å². The van der Waals surface area contributed by atoms with Crippen LogP contribution in [0.4, 0.5) is 5.82 Å². The number of benzene rings is 1. The molecule has 2 aromatic heterocycles. The van der Waals surface area contributed by atoms with Crippen LogP contribution in [0, 0.1) is 0 Å². The van der Waals surface area contributed by atoms with Crippen LogP contribution in [0.15, 0.2) is 29.6 Å². The highest BCUT2D eigenvalue weighted by Crippen LogP contribution is 2.31. The molecule has 1 aliphatic rings. The van der Waals surface area contributed by atoms with Crippen LogP contribution in [0.25, 0.3) is 11.0 Å². The number of para-hydroxylation sites is 1. The largest absolute Gasteiger partial charge is 0.493 e. The first kappa shape index (κ1) is 24.1. The van der Waals surface area contributed by atoms with Crippen LogP contribution in [0.1, 0.15) is 43.5 Å². The van der Waals surface area contributed by atoms with Crippen LogP contribution in [0.3, 0.4) is 0 Å². The van der Waals surface area contributed by atoms with Crippen LogP contribution in [-0.4, -0.2) is 64.8 Å². The molecule has 0 atom stereocenters. The summed E-state index contributed by atoms with van der Waals surface area (Å²) in [4.78, 5) is 24.9. The summed E-state index contributed by atoms with van der Waals surface area (Å²) in [5.41, 5.74) is 1.23. The molecule has 0 unspecified atom stereocenters. The Morgan fingerprint density at radius 3 is 2.65 bits per heavy atom. The third-order valence-electron chi connectivity index (χ3n) is 5.71. The molecule has 34 heavy (non-hydrogen) atoms. The monoisotopic (exact) mass is 484 g/mol. The van der Waals surface area contributed by atoms with Gasteiger partial charge in [0.15, 0.2) is 22.3 Å². The second-order valence-electron chi connectivity index (χ2n) is 8.45. The van der Waals surface area contributed by atoms with Crippen LogP contribution < -0.4 is 19.7 Å². The van der Waals surface area contributed by atoms with Crippen molar-refractivity contribution in [2.24, 2.45) is 0 Å². The van der Waals surface area contributed by atoms with E-state index in [-0.39, 0.29) is 5.91 Å². The van der Waals surface area contributed by atoms with E-state index in [1.165, 1.54) is 26.4 Å². The molecule has 1 amide bonds. The van der Waals surface area contributed by atoms with Crippen molar-refractivity contribution in [3.8, 4) is 11.5 Å². The van der Waals surface area contributed by atoms with Crippen molar-refractivity contribution in [2.45, 2.75) is 50.1 Å². The number of nitrogens with zero attached hydrogens (tertiary/aromatic N) is 5. The minimum Gasteiger partial charge on any atom is -0.493 e. The standard InChI is InChI=1S/C24H32N6O3S/c1-16(2)34-24-27-21(29-12-6-5-7-13-29)18-15-26-30(22(18)28-24)14-11-25-23(31)17-9-8-10-19(32-3)20(17)33-4/h8-10,15-16H,5-7,11-14H2,1-4H3,(H,25,31). The number of carbonyl (C=O) groups is 1. The van der Waals surface area contributed by atoms with E-state index in [1.54, 1.807) is 37.1 Å². The molecule has 0 radical (unpaired) electrons. The second kappa shape index (κ2) is 10.9. The van der Waals surface area contributed by atoms with E-state index >= 15 is 0 Å². The van der Waals surface area contributed by atoms with Crippen molar-refractivity contribution >= 4 is 34.5 Å². The van der Waals surface area contributed by atoms with Gasteiger partial charge in [0.25, 0.3) is 5.91 Å². The average Bonchev–Trinajstić information content (AvgIpc) is 3.25. The number of amides is 1. The number of hydrogen-bond donors (Lipinski definition) is 1. The summed E-state index contributed by atoms with van der Waals surface area (Å²) in [6.07, 6.45) is 5.45. The fourth-order valence-electron chi connectivity index (χ4n) is 4.13. The van der Waals surface area contributed by atoms with Crippen LogP contribution >= 0.6 is 11.8 Å². The van der Waals surface area contributed by atoms with Gasteiger partial charge < -0.3 is 19.7 Å². The molecule has 1 aliphatic heterocycles. The SMILES string of the molecule is COc1cccc(C(=O)NCCn2ncc3c(N4CCCCC4)nc(SC(C)C)nc32)c1OC. The predicted molar refractivity (Wildman–Crippen MR) is 134 cm³/mol. The van der Waals surface area contributed by atoms with Crippen molar-refractivity contribution < 1.29 is 14.3 Å². The molecule has 1 N–H and O–H groups in total. The number of hydrogen-bond acceptors (Lipinski definition) is 8. The van der Waals surface area contributed by atoms with Crippen LogP contribution in [0.2, 0.25) is 0 Å². The van der Waals surface area contributed by atoms with Gasteiger partial charge in [0, 0.05) is 24.9 Å². The zero-order valence-corrected chi connectivity index (χ0v) is 21.0. The Balaban J connectivity index is 1.54. The number of anilines is 1. The Hall–Kier alpha value is -3.01. The first-order valence-corrected chi connectivity index (χ1v) is 12.5. The minimum atomic E-state index is -0.230. The maximum absolute atomic E-state index is 12.8. The van der Waals surface area contributed by atoms with Gasteiger partial charge in [-0.1, -0.05) is 31.7 Å². The number of piperidine rings is 1. The number of ether oxygens (including phenoxy) is 2. The Kier molecular flexibility index (Phi) is 7.77. The Bertz CT molecular complexity index is 1140. The Morgan fingerprint density at radius 2 is 1.94 bits per heavy atom. The first-order chi connectivity index (χ1) is 16.5. The van der Waals surface area contributed by atoms with Gasteiger partial charge in [0.05, 0.1) is 37.9 Å². The smallest absolute Gasteiger partial charge is 0.255 e. The summed E-state index contributed by atoms with van der Waals surface area (Å²) in [6, 6.07) is 5.25. The van der Waals surface area contributed by atoms with E-state index in [0.29, 0.717) is 35.4 Å². The van der Waals surface area contributed by atoms with Crippen molar-refractivity contribution in [3.63, 3.8) is 0 Å². The average molecular weight is 485 g/mol. The molecule has 1 saturated heterocycles. The van der Waals surface area contributed by atoms with Crippen LogP contribution in [0.5, 0.6) is 11.5 Å². The molecule has 0 aliphatic carbocycles. The number of nitrogens with one attached hydrogen (secondary N) is 1. The maximum Gasteiger partial charge on any atom is 0.255 e. The molecule has 1 aromatic carbocycles. The summed E-state index contributed by atoms with van der Waals surface area (Å²) in [5, 5.41) is 9.63. The van der Waals surface area contributed by atoms with E-state index in [0.717, 1.165) is 35.1 Å². The van der Waals surface area contributed by atoms with Crippen LogP contribution in [-0.2, 0) is 6.54 Å². The lowest BCUT2D eigenvalue weighted by Crippen LogP contribution is -2.30. The van der Waals surface area contributed by atoms with Gasteiger partial charge in [-0.05, 0) is 31.4 Å². The number of aromatic nitrogens is 4. The molecule has 0 saturated carbocycles. The van der Waals surface area contributed by atoms with Gasteiger partial charge in [-0.3, -0.25) is 4.79 Å². The minimum absolute atomic E-state index is 0.230. The second-order valence-corrected chi connectivity index (χ2v) is 9.99. The Labute approximate surface area is 204 Å². The predicted octanol–water partition coefficient (Wildman–Crippen LogP) is 3.76. The van der Waals surface area contributed by atoms with Gasteiger partial charge >= 0.3 is 0 Å². The number of methoxy groups -OCH3 is 2. The molecule has 0 bridgehead atoms. The summed E-state index contributed by atoms with van der Waals surface area (Å²) in [7, 11) is 3.07. The fraction of sp³-hybridized carbons (Fsp3) is 0.500. The highest BCUT2D eigenvalue weighted by molar-refractivity contribution is 7.99. The maximum atomic E-state index is 12.8. The summed E-state index contributed by atoms with van der Waals surface area (Å²) < 4.78 is 12.5. The first-order valence-electron chi connectivity index (χ1n) is 11.7. The normalized spacial score (nSPS) is 14.0. The Morgan fingerprint density at radius 1 is 1.15 bits per heavy atom. The number of thioether (sulfide) groups is 1. The third-order valence-corrected chi connectivity index (χ3v) is 6.57. The highest BCUT2D eigenvalue weighted by Gasteiger charge is 2.21. The van der Waals surface area contributed by atoms with E-state index < -0.39 is 0 Å². The molecule has 9 nitrogen and oxygen atoms in total. The van der Waals surface area contributed by atoms with Gasteiger partial charge in [-0.2, -0.15) is 5.10 Å². The molecule has 4 rings (SSSR count). The van der Waals surface area contributed by atoms with Gasteiger partial charge in [0.1, 0.15) is 5.82 Å². The van der Waals surface area contributed by atoms with E-state index in [1.807, 2.05) is 10.9 Å². The van der Waals surface area contributed by atoms with Gasteiger partial charge in [0.2, 0.25) is 0 Å². The number of carbonyl (C=O) groups excluding carboxylic acids is 1. The lowest BCUT2D eigenvalue weighted by Gasteiger charge is -2.28. The lowest BCUT2D eigenvalue weighted by atomic mass is 10.1. The zero-order chi connectivity index (χ0) is 24.1. The van der Waals surface area contributed by atoms with Gasteiger partial charge in [-0.25, -0.2) is 14.6 Å². The highest BCUT2D eigenvalue weighted by atomic mass is 32.2. The third kappa shape index (κ3) is 5.22. The lowest BCUT2D eigenvalue weighted by molar-refractivity contribution is 0.0948. The molecule has 10 heteroatoms. The number of rotatable bonds is 9. The van der Waals surface area contributed by atoms with E-state index in [4.69, 9.17) is 19.4 Å². The quantitative estimate of drug-likeness (QED) is 0.362. The van der Waals surface area contributed by atoms with Gasteiger partial charge in [-0.15, -0.1) is 0 Å². The topological polar surface area (TPSA) is 94.4 Å². The molecule has 182 valence electrons. The fourth-order valence-corrected chi connectivity index (χ4v) is 4.83. The molecular weight excluding hydrogens is 452 g/mol. The number of fused-ring (bicyclic) bond motifs is 1. The summed E-state index contributed by atoms with van der Waals surface area (Å²) in [5.74, 6) is 1.67. The zero-order valence-electron chi connectivity index (χ0n) is 20.2. The molecule has 1 fully saturated rings. The van der Waals surface area contributed by atoms with Crippen molar-refractivity contribution in [1.82, 2.24) is 25.1 Å². The summed E-state index contributed by atoms with van der Waals surface area (Å²) in [6.45, 7) is 7.16. The van der Waals surface area contributed by atoms with Crippen molar-refractivity contribution in [3.05, 3.63) is 30.0 Å². The van der Waals surface area contributed by atoms with Crippen molar-refractivity contribution in [1.29, 1.82) is 0 Å². The molecule has 0 spiro atoms. The van der Waals surface area contributed by atoms with E-state index in [2.05, 4.69) is 29.2 Å². The molecule has 3 heterocycles. The molecular formula is C24H32N6O3S. The van der Waals surface area contributed by atoms with E-state index in [9.17, 15) is 4.79 Å². The molecule has 3 aromatic rings.